The van der Waals surface area contributed by atoms with Gasteiger partial charge in [-0.1, -0.05) is 39.5 Å². The van der Waals surface area contributed by atoms with Crippen molar-refractivity contribution >= 4 is 0 Å². The van der Waals surface area contributed by atoms with E-state index in [1.54, 1.807) is 0 Å². The summed E-state index contributed by atoms with van der Waals surface area (Å²) in [5.41, 5.74) is 0. The molecule has 2 heteroatoms. The predicted octanol–water partition coefficient (Wildman–Crippen LogP) is 3.42. The van der Waals surface area contributed by atoms with Gasteiger partial charge in [-0.25, -0.2) is 0 Å². The standard InChI is InChI=1S/C15H32N2/c1-3-10-15(14-16-11-4-2)17-12-8-6-5-7-9-13-17/h15-16H,3-14H2,1-2H3. The van der Waals surface area contributed by atoms with Crippen molar-refractivity contribution in [3.8, 4) is 0 Å². The average molecular weight is 240 g/mol. The van der Waals surface area contributed by atoms with E-state index in [2.05, 4.69) is 24.1 Å². The van der Waals surface area contributed by atoms with Crippen LogP contribution >= 0.6 is 0 Å². The molecule has 102 valence electrons. The number of rotatable bonds is 7. The number of nitrogens with one attached hydrogen (secondary N) is 1. The summed E-state index contributed by atoms with van der Waals surface area (Å²) in [7, 11) is 0. The molecule has 0 aromatic rings. The molecular weight excluding hydrogens is 208 g/mol. The summed E-state index contributed by atoms with van der Waals surface area (Å²) in [5.74, 6) is 0. The fourth-order valence-corrected chi connectivity index (χ4v) is 2.83. The van der Waals surface area contributed by atoms with Crippen LogP contribution in [-0.2, 0) is 0 Å². The Morgan fingerprint density at radius 1 is 0.941 bits per heavy atom. The predicted molar refractivity (Wildman–Crippen MR) is 76.5 cm³/mol. The Balaban J connectivity index is 2.35. The van der Waals surface area contributed by atoms with E-state index in [-0.39, 0.29) is 0 Å². The molecule has 0 aliphatic carbocycles. The van der Waals surface area contributed by atoms with Gasteiger partial charge in [0.1, 0.15) is 0 Å². The summed E-state index contributed by atoms with van der Waals surface area (Å²) in [6.45, 7) is 9.60. The smallest absolute Gasteiger partial charge is 0.0220 e. The highest BCUT2D eigenvalue weighted by molar-refractivity contribution is 4.75. The molecular formula is C15H32N2. The molecule has 0 aromatic carbocycles. The first-order chi connectivity index (χ1) is 8.38. The average Bonchev–Trinajstić information content (AvgIpc) is 2.28. The fourth-order valence-electron chi connectivity index (χ4n) is 2.83. The Kier molecular flexibility index (Phi) is 8.72. The van der Waals surface area contributed by atoms with Crippen molar-refractivity contribution in [1.29, 1.82) is 0 Å². The molecule has 1 saturated heterocycles. The second kappa shape index (κ2) is 9.90. The first-order valence-electron chi connectivity index (χ1n) is 7.83. The molecule has 2 nitrogen and oxygen atoms in total. The maximum absolute atomic E-state index is 3.61. The van der Waals surface area contributed by atoms with Crippen LogP contribution in [-0.4, -0.2) is 37.1 Å². The van der Waals surface area contributed by atoms with Crippen LogP contribution in [0.4, 0.5) is 0 Å². The summed E-state index contributed by atoms with van der Waals surface area (Å²) in [6, 6.07) is 0.782. The van der Waals surface area contributed by atoms with Crippen LogP contribution in [0.5, 0.6) is 0 Å². The molecule has 1 rings (SSSR count). The lowest BCUT2D eigenvalue weighted by atomic mass is 10.0. The SMILES string of the molecule is CCCNCC(CCC)N1CCCCCCC1. The maximum atomic E-state index is 3.61. The van der Waals surface area contributed by atoms with E-state index in [1.807, 2.05) is 0 Å². The fraction of sp³-hybridized carbons (Fsp3) is 1.00. The second-order valence-electron chi connectivity index (χ2n) is 5.45. The molecule has 0 radical (unpaired) electrons. The van der Waals surface area contributed by atoms with Gasteiger partial charge in [-0.05, 0) is 45.3 Å². The highest BCUT2D eigenvalue weighted by atomic mass is 15.2. The minimum absolute atomic E-state index is 0.782. The lowest BCUT2D eigenvalue weighted by molar-refractivity contribution is 0.166. The summed E-state index contributed by atoms with van der Waals surface area (Å²) >= 11 is 0. The van der Waals surface area contributed by atoms with E-state index < -0.39 is 0 Å². The molecule has 1 heterocycles. The minimum atomic E-state index is 0.782. The van der Waals surface area contributed by atoms with Crippen LogP contribution in [0.2, 0.25) is 0 Å². The van der Waals surface area contributed by atoms with E-state index in [4.69, 9.17) is 0 Å². The number of hydrogen-bond acceptors (Lipinski definition) is 2. The van der Waals surface area contributed by atoms with Crippen LogP contribution in [0, 0.1) is 0 Å². The van der Waals surface area contributed by atoms with Gasteiger partial charge in [0.05, 0.1) is 0 Å². The third-order valence-electron chi connectivity index (χ3n) is 3.84. The Labute approximate surface area is 108 Å². The largest absolute Gasteiger partial charge is 0.315 e. The van der Waals surface area contributed by atoms with Crippen LogP contribution in [0.15, 0.2) is 0 Å². The van der Waals surface area contributed by atoms with Gasteiger partial charge < -0.3 is 5.32 Å². The molecule has 0 aromatic heterocycles. The van der Waals surface area contributed by atoms with Crippen molar-refractivity contribution in [2.45, 2.75) is 71.3 Å². The molecule has 0 spiro atoms. The Morgan fingerprint density at radius 3 is 2.18 bits per heavy atom. The quantitative estimate of drug-likeness (QED) is 0.686. The molecule has 1 aliphatic heterocycles. The zero-order valence-electron chi connectivity index (χ0n) is 12.0. The van der Waals surface area contributed by atoms with Gasteiger partial charge in [-0.2, -0.15) is 0 Å². The molecule has 1 atom stereocenters. The number of nitrogens with zero attached hydrogens (tertiary/aromatic N) is 1. The van der Waals surface area contributed by atoms with Crippen LogP contribution in [0.3, 0.4) is 0 Å². The topological polar surface area (TPSA) is 15.3 Å². The number of hydrogen-bond donors (Lipinski definition) is 1. The molecule has 0 saturated carbocycles. The molecule has 0 bridgehead atoms. The van der Waals surface area contributed by atoms with Gasteiger partial charge in [-0.3, -0.25) is 4.90 Å². The van der Waals surface area contributed by atoms with E-state index in [0.29, 0.717) is 0 Å². The summed E-state index contributed by atoms with van der Waals surface area (Å²) in [6.07, 6.45) is 11.1. The summed E-state index contributed by atoms with van der Waals surface area (Å²) in [4.78, 5) is 2.76. The van der Waals surface area contributed by atoms with Gasteiger partial charge in [0.25, 0.3) is 0 Å². The van der Waals surface area contributed by atoms with E-state index in [1.165, 1.54) is 77.5 Å². The molecule has 1 fully saturated rings. The third-order valence-corrected chi connectivity index (χ3v) is 3.84. The van der Waals surface area contributed by atoms with Gasteiger partial charge in [0, 0.05) is 12.6 Å². The molecule has 1 unspecified atom stereocenters. The molecule has 0 amide bonds. The monoisotopic (exact) mass is 240 g/mol. The highest BCUT2D eigenvalue weighted by Crippen LogP contribution is 2.15. The van der Waals surface area contributed by atoms with E-state index >= 15 is 0 Å². The Bertz CT molecular complexity index is 162. The van der Waals surface area contributed by atoms with E-state index in [0.717, 1.165) is 6.04 Å². The first kappa shape index (κ1) is 15.0. The van der Waals surface area contributed by atoms with Crippen LogP contribution in [0.25, 0.3) is 0 Å². The second-order valence-corrected chi connectivity index (χ2v) is 5.45. The van der Waals surface area contributed by atoms with Crippen LogP contribution < -0.4 is 5.32 Å². The van der Waals surface area contributed by atoms with Gasteiger partial charge in [0.15, 0.2) is 0 Å². The summed E-state index contributed by atoms with van der Waals surface area (Å²) in [5, 5.41) is 3.61. The van der Waals surface area contributed by atoms with Gasteiger partial charge >= 0.3 is 0 Å². The maximum Gasteiger partial charge on any atom is 0.0220 e. The van der Waals surface area contributed by atoms with Crippen molar-refractivity contribution in [3.05, 3.63) is 0 Å². The Hall–Kier alpha value is -0.0800. The first-order valence-corrected chi connectivity index (χ1v) is 7.83. The molecule has 1 aliphatic rings. The normalized spacial score (nSPS) is 20.8. The minimum Gasteiger partial charge on any atom is -0.315 e. The van der Waals surface area contributed by atoms with Crippen molar-refractivity contribution in [2.75, 3.05) is 26.2 Å². The van der Waals surface area contributed by atoms with Crippen LogP contribution in [0.1, 0.15) is 65.2 Å². The summed E-state index contributed by atoms with van der Waals surface area (Å²) < 4.78 is 0. The van der Waals surface area contributed by atoms with E-state index in [9.17, 15) is 0 Å². The van der Waals surface area contributed by atoms with Gasteiger partial charge in [0.2, 0.25) is 0 Å². The van der Waals surface area contributed by atoms with Crippen molar-refractivity contribution in [2.24, 2.45) is 0 Å². The lowest BCUT2D eigenvalue weighted by Crippen LogP contribution is -2.44. The highest BCUT2D eigenvalue weighted by Gasteiger charge is 2.17. The molecule has 1 N–H and O–H groups in total. The van der Waals surface area contributed by atoms with Crippen molar-refractivity contribution < 1.29 is 0 Å². The third kappa shape index (κ3) is 6.42. The molecule has 17 heavy (non-hydrogen) atoms. The zero-order valence-corrected chi connectivity index (χ0v) is 12.0. The van der Waals surface area contributed by atoms with Crippen molar-refractivity contribution in [3.63, 3.8) is 0 Å². The van der Waals surface area contributed by atoms with Gasteiger partial charge in [-0.15, -0.1) is 0 Å². The lowest BCUT2D eigenvalue weighted by Gasteiger charge is -2.33. The van der Waals surface area contributed by atoms with Crippen molar-refractivity contribution in [1.82, 2.24) is 10.2 Å². The zero-order chi connectivity index (χ0) is 12.3. The number of likely N-dealkylation sites (tertiary alicyclic amines) is 1. The Morgan fingerprint density at radius 2 is 1.59 bits per heavy atom.